The molecule has 0 saturated carbocycles. The molecule has 1 amide bonds. The predicted octanol–water partition coefficient (Wildman–Crippen LogP) is 0.857. The van der Waals surface area contributed by atoms with E-state index < -0.39 is 4.92 Å². The van der Waals surface area contributed by atoms with Gasteiger partial charge >= 0.3 is 0 Å². The number of rotatable bonds is 5. The first kappa shape index (κ1) is 16.2. The summed E-state index contributed by atoms with van der Waals surface area (Å²) in [5.41, 5.74) is 0.0514. The lowest BCUT2D eigenvalue weighted by molar-refractivity contribution is -0.897. The zero-order chi connectivity index (χ0) is 16.1. The minimum atomic E-state index is -0.520. The van der Waals surface area contributed by atoms with Crippen LogP contribution in [0.3, 0.4) is 0 Å². The van der Waals surface area contributed by atoms with Crippen molar-refractivity contribution in [3.05, 3.63) is 28.3 Å². The Kier molecular flexibility index (Phi) is 5.32. The Balaban J connectivity index is 2.00. The van der Waals surface area contributed by atoms with Crippen molar-refractivity contribution in [2.45, 2.75) is 19.8 Å². The molecule has 22 heavy (non-hydrogen) atoms. The van der Waals surface area contributed by atoms with E-state index in [1.165, 1.54) is 24.1 Å². The molecule has 2 rings (SSSR count). The molecule has 120 valence electrons. The second-order valence-corrected chi connectivity index (χ2v) is 5.80. The van der Waals surface area contributed by atoms with Crippen LogP contribution in [0.5, 0.6) is 5.75 Å². The van der Waals surface area contributed by atoms with Crippen LogP contribution in [0.25, 0.3) is 0 Å². The first-order valence-electron chi connectivity index (χ1n) is 7.45. The summed E-state index contributed by atoms with van der Waals surface area (Å²) >= 11 is 0. The highest BCUT2D eigenvalue weighted by Crippen LogP contribution is 2.28. The second kappa shape index (κ2) is 7.22. The van der Waals surface area contributed by atoms with E-state index in [1.54, 1.807) is 6.07 Å². The number of carbonyl (C=O) groups excluding carboxylic acids is 1. The number of ether oxygens (including phenoxy) is 1. The summed E-state index contributed by atoms with van der Waals surface area (Å²) in [5.74, 6) is 0.910. The van der Waals surface area contributed by atoms with E-state index >= 15 is 0 Å². The number of nitrogens with zero attached hydrogens (tertiary/aromatic N) is 1. The topological polar surface area (TPSA) is 85.9 Å². The van der Waals surface area contributed by atoms with Gasteiger partial charge in [0.05, 0.1) is 31.2 Å². The van der Waals surface area contributed by atoms with Crippen LogP contribution in [-0.4, -0.2) is 37.6 Å². The van der Waals surface area contributed by atoms with E-state index in [9.17, 15) is 14.9 Å². The largest absolute Gasteiger partial charge is 0.496 e. The molecule has 1 heterocycles. The fourth-order valence-corrected chi connectivity index (χ4v) is 2.66. The molecule has 0 radical (unpaired) electrons. The van der Waals surface area contributed by atoms with Gasteiger partial charge < -0.3 is 15.0 Å². The molecule has 1 fully saturated rings. The number of nitro benzene ring substituents is 1. The Morgan fingerprint density at radius 1 is 1.45 bits per heavy atom. The van der Waals surface area contributed by atoms with Gasteiger partial charge in [-0.1, -0.05) is 6.92 Å². The van der Waals surface area contributed by atoms with Crippen molar-refractivity contribution >= 4 is 17.3 Å². The molecular weight excluding hydrogens is 286 g/mol. The number of nitrogens with one attached hydrogen (secondary N) is 2. The van der Waals surface area contributed by atoms with Crippen LogP contribution < -0.4 is 15.0 Å². The van der Waals surface area contributed by atoms with Gasteiger partial charge in [-0.3, -0.25) is 14.9 Å². The predicted molar refractivity (Wildman–Crippen MR) is 82.2 cm³/mol. The Hall–Kier alpha value is -2.15. The van der Waals surface area contributed by atoms with Crippen LogP contribution in [0.2, 0.25) is 0 Å². The highest BCUT2D eigenvalue weighted by molar-refractivity contribution is 5.93. The van der Waals surface area contributed by atoms with Crippen molar-refractivity contribution in [3.8, 4) is 5.75 Å². The summed E-state index contributed by atoms with van der Waals surface area (Å²) in [7, 11) is 1.44. The summed E-state index contributed by atoms with van der Waals surface area (Å²) in [6.45, 7) is 4.51. The summed E-state index contributed by atoms with van der Waals surface area (Å²) in [5, 5.41) is 13.7. The molecule has 1 aromatic rings. The van der Waals surface area contributed by atoms with Crippen LogP contribution in [0, 0.1) is 16.0 Å². The van der Waals surface area contributed by atoms with E-state index in [2.05, 4.69) is 12.2 Å². The highest BCUT2D eigenvalue weighted by atomic mass is 16.6. The minimum absolute atomic E-state index is 0.157. The Labute approximate surface area is 129 Å². The summed E-state index contributed by atoms with van der Waals surface area (Å²) < 4.78 is 4.98. The quantitative estimate of drug-likeness (QED) is 0.624. The smallest absolute Gasteiger partial charge is 0.296 e. The van der Waals surface area contributed by atoms with Gasteiger partial charge in [0.1, 0.15) is 11.4 Å². The third kappa shape index (κ3) is 4.17. The zero-order valence-corrected chi connectivity index (χ0v) is 12.9. The normalized spacial score (nSPS) is 21.2. The standard InChI is InChI=1S/C15H21N3O4/c1-11-5-7-17(8-6-11)10-15(19)16-13-4-3-12(22-2)9-14(13)18(20)21/h3-4,9,11H,5-8,10H2,1-2H3,(H,16,19)/p+1. The average Bonchev–Trinajstić information content (AvgIpc) is 2.49. The third-order valence-electron chi connectivity index (χ3n) is 4.07. The van der Waals surface area contributed by atoms with E-state index in [0.717, 1.165) is 31.8 Å². The Bertz CT molecular complexity index is 554. The van der Waals surface area contributed by atoms with Gasteiger partial charge in [0.25, 0.3) is 11.6 Å². The maximum Gasteiger partial charge on any atom is 0.296 e. The van der Waals surface area contributed by atoms with E-state index in [-0.39, 0.29) is 17.3 Å². The van der Waals surface area contributed by atoms with E-state index in [4.69, 9.17) is 4.74 Å². The van der Waals surface area contributed by atoms with Crippen molar-refractivity contribution in [1.29, 1.82) is 0 Å². The highest BCUT2D eigenvalue weighted by Gasteiger charge is 2.23. The van der Waals surface area contributed by atoms with Gasteiger partial charge in [0.2, 0.25) is 0 Å². The molecule has 1 saturated heterocycles. The fourth-order valence-electron chi connectivity index (χ4n) is 2.66. The van der Waals surface area contributed by atoms with Crippen molar-refractivity contribution in [3.63, 3.8) is 0 Å². The third-order valence-corrected chi connectivity index (χ3v) is 4.07. The van der Waals surface area contributed by atoms with Crippen molar-refractivity contribution in [1.82, 2.24) is 0 Å². The maximum atomic E-state index is 12.1. The molecule has 7 nitrogen and oxygen atoms in total. The summed E-state index contributed by atoms with van der Waals surface area (Å²) in [4.78, 5) is 23.9. The first-order chi connectivity index (χ1) is 10.5. The maximum absolute atomic E-state index is 12.1. The molecule has 1 aliphatic heterocycles. The van der Waals surface area contributed by atoms with Gasteiger partial charge in [0.15, 0.2) is 6.54 Å². The number of nitro groups is 1. The zero-order valence-electron chi connectivity index (χ0n) is 12.9. The molecule has 0 spiro atoms. The number of amides is 1. The van der Waals surface area contributed by atoms with Gasteiger partial charge in [0, 0.05) is 0 Å². The minimum Gasteiger partial charge on any atom is -0.496 e. The first-order valence-corrected chi connectivity index (χ1v) is 7.45. The molecule has 0 bridgehead atoms. The van der Waals surface area contributed by atoms with Gasteiger partial charge in [-0.05, 0) is 30.9 Å². The van der Waals surface area contributed by atoms with Crippen molar-refractivity contribution < 1.29 is 19.4 Å². The second-order valence-electron chi connectivity index (χ2n) is 5.80. The van der Waals surface area contributed by atoms with Crippen LogP contribution in [0.15, 0.2) is 18.2 Å². The van der Waals surface area contributed by atoms with Gasteiger partial charge in [-0.25, -0.2) is 0 Å². The molecule has 0 atom stereocenters. The number of benzene rings is 1. The molecule has 7 heteroatoms. The van der Waals surface area contributed by atoms with Crippen LogP contribution in [0.4, 0.5) is 11.4 Å². The fraction of sp³-hybridized carbons (Fsp3) is 0.533. The molecule has 0 aliphatic carbocycles. The number of hydrogen-bond donors (Lipinski definition) is 2. The lowest BCUT2D eigenvalue weighted by Gasteiger charge is -2.26. The molecule has 1 aromatic carbocycles. The number of methoxy groups -OCH3 is 1. The summed E-state index contributed by atoms with van der Waals surface area (Å²) in [6.07, 6.45) is 2.23. The van der Waals surface area contributed by atoms with Crippen molar-refractivity contribution in [2.24, 2.45) is 5.92 Å². The SMILES string of the molecule is COc1ccc(NC(=O)C[NH+]2CCC(C)CC2)c([N+](=O)[O-])c1. The molecule has 0 unspecified atom stereocenters. The van der Waals surface area contributed by atoms with Crippen LogP contribution in [0.1, 0.15) is 19.8 Å². The Morgan fingerprint density at radius 3 is 2.73 bits per heavy atom. The van der Waals surface area contributed by atoms with Crippen LogP contribution in [-0.2, 0) is 4.79 Å². The van der Waals surface area contributed by atoms with E-state index in [1.807, 2.05) is 0 Å². The lowest BCUT2D eigenvalue weighted by Crippen LogP contribution is -3.14. The molecule has 1 aliphatic rings. The molecular formula is C15H22N3O4+. The number of likely N-dealkylation sites (tertiary alicyclic amines) is 1. The number of anilines is 1. The van der Waals surface area contributed by atoms with Crippen LogP contribution >= 0.6 is 0 Å². The number of carbonyl (C=O) groups is 1. The number of hydrogen-bond acceptors (Lipinski definition) is 4. The molecule has 0 aromatic heterocycles. The average molecular weight is 308 g/mol. The monoisotopic (exact) mass is 308 g/mol. The van der Waals surface area contributed by atoms with Gasteiger partial charge in [-0.15, -0.1) is 0 Å². The lowest BCUT2D eigenvalue weighted by atomic mass is 9.99. The van der Waals surface area contributed by atoms with Gasteiger partial charge in [-0.2, -0.15) is 0 Å². The number of quaternary nitrogens is 1. The molecule has 2 N–H and O–H groups in total. The summed E-state index contributed by atoms with van der Waals surface area (Å²) in [6, 6.07) is 4.41. The van der Waals surface area contributed by atoms with Crippen molar-refractivity contribution in [2.75, 3.05) is 32.1 Å². The number of piperidine rings is 1. The Morgan fingerprint density at radius 2 is 2.14 bits per heavy atom. The van der Waals surface area contributed by atoms with E-state index in [0.29, 0.717) is 12.3 Å².